The monoisotopic (exact) mass is 127 g/mol. The highest BCUT2D eigenvalue weighted by Gasteiger charge is 0.0000221. The third-order valence-electron chi connectivity index (χ3n) is 0. The quantitative estimate of drug-likeness (QED) is 0.331. The summed E-state index contributed by atoms with van der Waals surface area (Å²) in [6.45, 7) is 0. The first-order valence-corrected chi connectivity index (χ1v) is 0. The molecule has 0 aliphatic heterocycles. The molecule has 0 rings (SSSR count). The lowest BCUT2D eigenvalue weighted by Gasteiger charge is -0.270. The molecule has 0 spiro atoms. The van der Waals surface area contributed by atoms with Gasteiger partial charge in [-0.25, -0.2) is 0 Å². The first-order chi connectivity index (χ1) is 0. The molecule has 0 aliphatic rings. The van der Waals surface area contributed by atoms with Gasteiger partial charge in [0.25, 0.3) is 0 Å². The minimum absolute atomic E-state index is 0. The maximum atomic E-state index is 0. The van der Waals surface area contributed by atoms with Crippen molar-refractivity contribution in [1.82, 2.24) is 0 Å². The van der Waals surface area contributed by atoms with Crippen molar-refractivity contribution in [3.8, 4) is 0 Å². The van der Waals surface area contributed by atoms with Gasteiger partial charge in [-0.1, -0.05) is 0 Å². The van der Waals surface area contributed by atoms with Crippen molar-refractivity contribution in [3.05, 3.63) is 0 Å². The van der Waals surface area contributed by atoms with Crippen LogP contribution in [0.4, 0.5) is 18.8 Å². The second-order valence-electron chi connectivity index (χ2n) is 0. The van der Waals surface area contributed by atoms with Crippen LogP contribution in [0.3, 0.4) is 0 Å². The summed E-state index contributed by atoms with van der Waals surface area (Å²) >= 11 is 0. The largest absolute Gasteiger partial charge is 0.269 e. The molecule has 0 aromatic carbocycles. The number of hydrogen-bond acceptors (Lipinski definition) is 0. The van der Waals surface area contributed by atoms with Gasteiger partial charge in [0, 0.05) is 8.41 Å². The lowest BCUT2D eigenvalue weighted by molar-refractivity contribution is 1.11. The van der Waals surface area contributed by atoms with Crippen LogP contribution in [0.25, 0.3) is 0 Å². The molecule has 0 unspecified atom stereocenters. The molecule has 3 radical (unpaired) electrons. The molecule has 0 fully saturated rings. The smallest absolute Gasteiger partial charge is 0 e. The summed E-state index contributed by atoms with van der Waals surface area (Å²) in [5.41, 5.74) is 0. The molecule has 43 valence electrons. The van der Waals surface area contributed by atoms with Gasteiger partial charge in [-0.3, -0.25) is 18.8 Å². The van der Waals surface area contributed by atoms with E-state index in [4.69, 9.17) is 0 Å². The number of halogens is 5. The van der Waals surface area contributed by atoms with Gasteiger partial charge in [0.05, 0.1) is 0 Å². The Bertz CT molecular complexity index is 7.51. The Morgan fingerprint density at radius 1 is 0.500 bits per heavy atom. The third-order valence-corrected chi connectivity index (χ3v) is 0. The molecule has 0 aromatic rings. The van der Waals surface area contributed by atoms with Gasteiger partial charge in [0.15, 0.2) is 0 Å². The van der Waals surface area contributed by atoms with Crippen LogP contribution in [0, 0.1) is 0 Å². The van der Waals surface area contributed by atoms with Gasteiger partial charge < -0.3 is 0 Å². The first kappa shape index (κ1) is 27900. The van der Waals surface area contributed by atoms with Crippen molar-refractivity contribution in [2.45, 2.75) is 0 Å². The van der Waals surface area contributed by atoms with Gasteiger partial charge in [-0.05, 0) is 0 Å². The fourth-order valence-electron chi connectivity index (χ4n) is 0. The Hall–Kier alpha value is 0.0749. The second kappa shape index (κ2) is 15000. The summed E-state index contributed by atoms with van der Waals surface area (Å²) in [5, 5.41) is 0. The van der Waals surface area contributed by atoms with Crippen molar-refractivity contribution in [2.24, 2.45) is 0 Å². The van der Waals surface area contributed by atoms with Crippen molar-refractivity contribution < 1.29 is 18.8 Å². The normalized spacial score (nSPS) is 0. The summed E-state index contributed by atoms with van der Waals surface area (Å²) in [5.74, 6) is 0. The van der Waals surface area contributed by atoms with Crippen molar-refractivity contribution in [3.63, 3.8) is 0 Å². The molecular weight excluding hydrogens is 122 g/mol. The number of rotatable bonds is 0. The van der Waals surface area contributed by atoms with E-state index in [-0.39, 0.29) is 39.6 Å². The molecule has 0 bridgehead atoms. The van der Waals surface area contributed by atoms with Crippen molar-refractivity contribution in [1.29, 1.82) is 0 Å². The molecule has 0 amide bonds. The summed E-state index contributed by atoms with van der Waals surface area (Å²) in [4.78, 5) is 0. The van der Waals surface area contributed by atoms with Gasteiger partial charge in [0.1, 0.15) is 0 Å². The Morgan fingerprint density at radius 2 is 0.500 bits per heavy atom. The van der Waals surface area contributed by atoms with Gasteiger partial charge >= 0.3 is 0 Å². The maximum Gasteiger partial charge on any atom is 0 e. The van der Waals surface area contributed by atoms with Crippen LogP contribution in [0.2, 0.25) is 0 Å². The van der Waals surface area contributed by atoms with Crippen LogP contribution in [0.1, 0.15) is 0 Å². The highest BCUT2D eigenvalue weighted by molar-refractivity contribution is 5.85. The fourth-order valence-corrected chi connectivity index (χ4v) is 0. The summed E-state index contributed by atoms with van der Waals surface area (Å²) in [7, 11) is 0. The zero-order valence-corrected chi connectivity index (χ0v) is 3.44. The van der Waals surface area contributed by atoms with Crippen LogP contribution < -0.4 is 0 Å². The summed E-state index contributed by atoms with van der Waals surface area (Å²) in [6.07, 6.45) is 0. The van der Waals surface area contributed by atoms with E-state index in [1.54, 1.807) is 0 Å². The van der Waals surface area contributed by atoms with E-state index in [0.717, 1.165) is 0 Å². The van der Waals surface area contributed by atoms with Crippen LogP contribution in [0.5, 0.6) is 0 Å². The summed E-state index contributed by atoms with van der Waals surface area (Å²) in [6, 6.07) is 0. The van der Waals surface area contributed by atoms with Crippen LogP contribution in [0.15, 0.2) is 0 Å². The zero-order valence-electron chi connectivity index (χ0n) is 2.62. The minimum atomic E-state index is 0. The topological polar surface area (TPSA) is 0 Å². The average molecular weight is 127 g/mol. The molecule has 0 N–H and O–H groups in total. The van der Waals surface area contributed by atoms with Gasteiger partial charge in [-0.2, -0.15) is 0 Å². The molecule has 0 nitrogen and oxygen atoms in total. The molecule has 0 atom stereocenters. The minimum Gasteiger partial charge on any atom is -0.269 e. The van der Waals surface area contributed by atoms with E-state index in [2.05, 4.69) is 0 Å². The van der Waals surface area contributed by atoms with E-state index >= 15 is 0 Å². The standard InChI is InChI=1S/B.ClH.4FH/h;5*1H. The molecule has 0 heterocycles. The lowest BCUT2D eigenvalue weighted by Crippen LogP contribution is -0.381. The molecule has 0 aromatic heterocycles. The van der Waals surface area contributed by atoms with Gasteiger partial charge in [0.2, 0.25) is 0 Å². The average Bonchev–Trinajstić information content (AvgIpc) is 0. The van der Waals surface area contributed by atoms with Crippen LogP contribution >= 0.6 is 12.4 Å². The second-order valence-corrected chi connectivity index (χ2v) is 0. The number of hydrogen-bond donors (Lipinski definition) is 0. The molecular formula is H5BClF4. The van der Waals surface area contributed by atoms with Crippen molar-refractivity contribution >= 4 is 20.8 Å². The highest BCUT2D eigenvalue weighted by atomic mass is 35.5. The first-order valence-electron chi connectivity index (χ1n) is 0. The maximum absolute atomic E-state index is 0. The van der Waals surface area contributed by atoms with E-state index in [1.807, 2.05) is 0 Å². The molecule has 0 aliphatic carbocycles. The SMILES string of the molecule is Cl.F.F.F.F.[B]. The Morgan fingerprint density at radius 3 is 0.500 bits per heavy atom. The fraction of sp³-hybridized carbons (Fsp3) is 0. The molecule has 0 saturated carbocycles. The third kappa shape index (κ3) is 6860. The highest BCUT2D eigenvalue weighted by Crippen LogP contribution is 0.690. The van der Waals surface area contributed by atoms with E-state index < -0.39 is 0 Å². The Balaban J connectivity index is 0. The molecule has 6 heteroatoms. The predicted octanol–water partition coefficient (Wildman–Crippen LogP) is 0.651. The Kier molecular flexibility index (Phi) is 69700000. The van der Waals surface area contributed by atoms with Gasteiger partial charge in [-0.15, -0.1) is 12.4 Å². The van der Waals surface area contributed by atoms with E-state index in [1.165, 1.54) is 0 Å². The lowest BCUT2D eigenvalue weighted by atomic mass is 10.8. The van der Waals surface area contributed by atoms with Crippen molar-refractivity contribution in [2.75, 3.05) is 0 Å². The van der Waals surface area contributed by atoms with Crippen LogP contribution in [-0.2, 0) is 0 Å². The van der Waals surface area contributed by atoms with Crippen LogP contribution in [-0.4, -0.2) is 8.41 Å². The summed E-state index contributed by atoms with van der Waals surface area (Å²) < 4.78 is 0. The molecule has 6 heavy (non-hydrogen) atoms. The predicted molar refractivity (Wildman–Crippen MR) is 23.0 cm³/mol. The zero-order chi connectivity index (χ0) is 0. The van der Waals surface area contributed by atoms with E-state index in [0.29, 0.717) is 0 Å². The Labute approximate surface area is 40.8 Å². The molecule has 0 saturated heterocycles. The van der Waals surface area contributed by atoms with E-state index in [9.17, 15) is 0 Å².